The Morgan fingerprint density at radius 2 is 2.20 bits per heavy atom. The molecule has 1 fully saturated rings. The molecule has 1 atom stereocenters. The highest BCUT2D eigenvalue weighted by Gasteiger charge is 2.21. The van der Waals surface area contributed by atoms with Gasteiger partial charge in [0.2, 0.25) is 0 Å². The highest BCUT2D eigenvalue weighted by molar-refractivity contribution is 5.95. The van der Waals surface area contributed by atoms with Crippen LogP contribution in [0.5, 0.6) is 5.75 Å². The summed E-state index contributed by atoms with van der Waals surface area (Å²) in [5, 5.41) is 6.46. The fourth-order valence-electron chi connectivity index (χ4n) is 3.14. The molecule has 1 aromatic rings. The Kier molecular flexibility index (Phi) is 3.92. The fraction of sp³-hybridized carbons (Fsp3) is 0.562. The van der Waals surface area contributed by atoms with Crippen LogP contribution in [-0.4, -0.2) is 18.6 Å². The zero-order valence-corrected chi connectivity index (χ0v) is 11.9. The standard InChI is InChI=1S/C16H22N2O2/c1-11(13-4-2-3-5-13)17-9-12-6-7-15-14(8-12)18-16(19)10-20-15/h6-8,11,13,17H,2-5,9-10H2,1H3,(H,18,19)/t11-/m0/s1. The molecule has 1 aliphatic carbocycles. The van der Waals surface area contributed by atoms with Crippen LogP contribution in [0.15, 0.2) is 18.2 Å². The van der Waals surface area contributed by atoms with Crippen molar-refractivity contribution in [1.82, 2.24) is 5.32 Å². The maximum Gasteiger partial charge on any atom is 0.262 e. The van der Waals surface area contributed by atoms with Gasteiger partial charge in [-0.05, 0) is 43.4 Å². The van der Waals surface area contributed by atoms with Gasteiger partial charge >= 0.3 is 0 Å². The number of fused-ring (bicyclic) bond motifs is 1. The van der Waals surface area contributed by atoms with Gasteiger partial charge in [-0.15, -0.1) is 0 Å². The molecule has 1 heterocycles. The van der Waals surface area contributed by atoms with Gasteiger partial charge in [-0.25, -0.2) is 0 Å². The summed E-state index contributed by atoms with van der Waals surface area (Å²) in [6.07, 6.45) is 5.45. The number of ether oxygens (including phenoxy) is 1. The van der Waals surface area contributed by atoms with E-state index in [0.29, 0.717) is 6.04 Å². The van der Waals surface area contributed by atoms with Crippen LogP contribution in [-0.2, 0) is 11.3 Å². The predicted molar refractivity (Wildman–Crippen MR) is 78.8 cm³/mol. The van der Waals surface area contributed by atoms with Gasteiger partial charge in [-0.3, -0.25) is 4.79 Å². The van der Waals surface area contributed by atoms with Gasteiger partial charge in [0.1, 0.15) is 5.75 Å². The molecule has 1 amide bonds. The van der Waals surface area contributed by atoms with Crippen LogP contribution in [0, 0.1) is 5.92 Å². The van der Waals surface area contributed by atoms with Gasteiger partial charge < -0.3 is 15.4 Å². The van der Waals surface area contributed by atoms with Gasteiger partial charge in [0, 0.05) is 12.6 Å². The number of amides is 1. The van der Waals surface area contributed by atoms with Crippen molar-refractivity contribution in [2.45, 2.75) is 45.2 Å². The second-order valence-corrected chi connectivity index (χ2v) is 5.88. The maximum atomic E-state index is 11.3. The molecule has 1 aliphatic heterocycles. The number of carbonyl (C=O) groups excluding carboxylic acids is 1. The smallest absolute Gasteiger partial charge is 0.262 e. The number of rotatable bonds is 4. The van der Waals surface area contributed by atoms with Gasteiger partial charge in [-0.2, -0.15) is 0 Å². The van der Waals surface area contributed by atoms with Crippen LogP contribution in [0.2, 0.25) is 0 Å². The van der Waals surface area contributed by atoms with Crippen LogP contribution >= 0.6 is 0 Å². The summed E-state index contributed by atoms with van der Waals surface area (Å²) in [5.41, 5.74) is 1.97. The topological polar surface area (TPSA) is 50.4 Å². The molecule has 2 N–H and O–H groups in total. The van der Waals surface area contributed by atoms with E-state index in [1.54, 1.807) is 0 Å². The van der Waals surface area contributed by atoms with E-state index in [2.05, 4.69) is 23.6 Å². The third-order valence-corrected chi connectivity index (χ3v) is 4.41. The van der Waals surface area contributed by atoms with E-state index in [0.717, 1.165) is 23.9 Å². The average molecular weight is 274 g/mol. The molecular formula is C16H22N2O2. The van der Waals surface area contributed by atoms with Crippen LogP contribution < -0.4 is 15.4 Å². The van der Waals surface area contributed by atoms with Crippen molar-refractivity contribution in [3.8, 4) is 5.75 Å². The zero-order valence-electron chi connectivity index (χ0n) is 11.9. The molecule has 2 aliphatic rings. The van der Waals surface area contributed by atoms with E-state index in [4.69, 9.17) is 4.74 Å². The third-order valence-electron chi connectivity index (χ3n) is 4.41. The number of hydrogen-bond acceptors (Lipinski definition) is 3. The quantitative estimate of drug-likeness (QED) is 0.887. The number of anilines is 1. The first-order valence-electron chi connectivity index (χ1n) is 7.51. The van der Waals surface area contributed by atoms with Gasteiger partial charge in [-0.1, -0.05) is 18.9 Å². The molecule has 3 rings (SSSR count). The summed E-state index contributed by atoms with van der Waals surface area (Å²) in [4.78, 5) is 11.3. The minimum absolute atomic E-state index is 0.0815. The number of nitrogens with one attached hydrogen (secondary N) is 2. The molecule has 20 heavy (non-hydrogen) atoms. The normalized spacial score (nSPS) is 20.1. The number of hydrogen-bond donors (Lipinski definition) is 2. The molecule has 1 saturated carbocycles. The van der Waals surface area contributed by atoms with Crippen molar-refractivity contribution < 1.29 is 9.53 Å². The summed E-state index contributed by atoms with van der Waals surface area (Å²) >= 11 is 0. The van der Waals surface area contributed by atoms with E-state index in [-0.39, 0.29) is 12.5 Å². The minimum atomic E-state index is -0.0815. The molecule has 0 saturated heterocycles. The lowest BCUT2D eigenvalue weighted by Crippen LogP contribution is -2.32. The largest absolute Gasteiger partial charge is 0.482 e. The summed E-state index contributed by atoms with van der Waals surface area (Å²) in [5.74, 6) is 1.50. The Hall–Kier alpha value is -1.55. The Morgan fingerprint density at radius 1 is 1.40 bits per heavy atom. The van der Waals surface area contributed by atoms with Crippen molar-refractivity contribution in [3.63, 3.8) is 0 Å². The Labute approximate surface area is 119 Å². The van der Waals surface area contributed by atoms with Crippen molar-refractivity contribution in [2.24, 2.45) is 5.92 Å². The van der Waals surface area contributed by atoms with E-state index in [1.165, 1.54) is 31.2 Å². The number of benzene rings is 1. The lowest BCUT2D eigenvalue weighted by Gasteiger charge is -2.22. The molecule has 4 heteroatoms. The average Bonchev–Trinajstić information content (AvgIpc) is 2.98. The van der Waals surface area contributed by atoms with E-state index in [9.17, 15) is 4.79 Å². The predicted octanol–water partition coefficient (Wildman–Crippen LogP) is 2.69. The lowest BCUT2D eigenvalue weighted by molar-refractivity contribution is -0.118. The third kappa shape index (κ3) is 2.96. The van der Waals surface area contributed by atoms with Crippen molar-refractivity contribution >= 4 is 11.6 Å². The Morgan fingerprint density at radius 3 is 3.00 bits per heavy atom. The Balaban J connectivity index is 1.60. The summed E-state index contributed by atoms with van der Waals surface area (Å²) in [7, 11) is 0. The SMILES string of the molecule is C[C@H](NCc1ccc2c(c1)NC(=O)CO2)C1CCCC1. The molecular weight excluding hydrogens is 252 g/mol. The molecule has 0 radical (unpaired) electrons. The summed E-state index contributed by atoms with van der Waals surface area (Å²) < 4.78 is 5.37. The maximum absolute atomic E-state index is 11.3. The summed E-state index contributed by atoms with van der Waals surface area (Å²) in [6.45, 7) is 3.23. The van der Waals surface area contributed by atoms with Crippen LogP contribution in [0.3, 0.4) is 0 Å². The minimum Gasteiger partial charge on any atom is -0.482 e. The van der Waals surface area contributed by atoms with Crippen LogP contribution in [0.25, 0.3) is 0 Å². The molecule has 0 bridgehead atoms. The van der Waals surface area contributed by atoms with Crippen molar-refractivity contribution in [2.75, 3.05) is 11.9 Å². The monoisotopic (exact) mass is 274 g/mol. The molecule has 1 aromatic carbocycles. The highest BCUT2D eigenvalue weighted by atomic mass is 16.5. The fourth-order valence-corrected chi connectivity index (χ4v) is 3.14. The van der Waals surface area contributed by atoms with Crippen molar-refractivity contribution in [1.29, 1.82) is 0 Å². The van der Waals surface area contributed by atoms with E-state index in [1.807, 2.05) is 12.1 Å². The zero-order chi connectivity index (χ0) is 13.9. The van der Waals surface area contributed by atoms with Gasteiger partial charge in [0.15, 0.2) is 6.61 Å². The molecule has 0 spiro atoms. The first-order chi connectivity index (χ1) is 9.72. The second kappa shape index (κ2) is 5.83. The lowest BCUT2D eigenvalue weighted by atomic mass is 9.99. The second-order valence-electron chi connectivity index (χ2n) is 5.88. The Bertz CT molecular complexity index is 495. The van der Waals surface area contributed by atoms with Gasteiger partial charge in [0.05, 0.1) is 5.69 Å². The molecule has 0 unspecified atom stereocenters. The first-order valence-corrected chi connectivity index (χ1v) is 7.51. The van der Waals surface area contributed by atoms with E-state index >= 15 is 0 Å². The van der Waals surface area contributed by atoms with Crippen molar-refractivity contribution in [3.05, 3.63) is 23.8 Å². The van der Waals surface area contributed by atoms with Gasteiger partial charge in [0.25, 0.3) is 5.91 Å². The van der Waals surface area contributed by atoms with Crippen LogP contribution in [0.4, 0.5) is 5.69 Å². The summed E-state index contributed by atoms with van der Waals surface area (Å²) in [6, 6.07) is 6.55. The first kappa shape index (κ1) is 13.4. The number of carbonyl (C=O) groups is 1. The molecule has 108 valence electrons. The highest BCUT2D eigenvalue weighted by Crippen LogP contribution is 2.29. The van der Waals surface area contributed by atoms with E-state index < -0.39 is 0 Å². The molecule has 0 aromatic heterocycles. The molecule has 4 nitrogen and oxygen atoms in total. The van der Waals surface area contributed by atoms with Crippen LogP contribution in [0.1, 0.15) is 38.2 Å².